The van der Waals surface area contributed by atoms with Crippen molar-refractivity contribution >= 4 is 5.91 Å². The first-order valence-corrected chi connectivity index (χ1v) is 8.56. The standard InChI is InChI=1S/C16H23N3O3/c20-14(8-7-12-3-2-10-21-12)19-9-1-4-13(19)15-17-16(22-18-15)11-5-6-11/h11-13H,1-10H2/t12-,13+/m1/s1. The van der Waals surface area contributed by atoms with E-state index in [-0.39, 0.29) is 18.1 Å². The summed E-state index contributed by atoms with van der Waals surface area (Å²) in [7, 11) is 0. The second-order valence-electron chi connectivity index (χ2n) is 6.68. The number of hydrogen-bond acceptors (Lipinski definition) is 5. The van der Waals surface area contributed by atoms with E-state index in [0.29, 0.717) is 18.2 Å². The van der Waals surface area contributed by atoms with Crippen LogP contribution in [0.2, 0.25) is 0 Å². The summed E-state index contributed by atoms with van der Waals surface area (Å²) < 4.78 is 11.0. The van der Waals surface area contributed by atoms with E-state index in [4.69, 9.17) is 9.26 Å². The monoisotopic (exact) mass is 305 g/mol. The molecule has 22 heavy (non-hydrogen) atoms. The largest absolute Gasteiger partial charge is 0.378 e. The molecule has 1 amide bonds. The predicted octanol–water partition coefficient (Wildman–Crippen LogP) is 2.57. The molecule has 3 heterocycles. The molecule has 1 aromatic rings. The lowest BCUT2D eigenvalue weighted by molar-refractivity contribution is -0.132. The Morgan fingerprint density at radius 3 is 2.91 bits per heavy atom. The summed E-state index contributed by atoms with van der Waals surface area (Å²) in [6, 6.07) is 0.00764. The van der Waals surface area contributed by atoms with E-state index < -0.39 is 0 Å². The number of hydrogen-bond donors (Lipinski definition) is 0. The number of likely N-dealkylation sites (tertiary alicyclic amines) is 1. The minimum absolute atomic E-state index is 0.00764. The minimum Gasteiger partial charge on any atom is -0.378 e. The SMILES string of the molecule is O=C(CC[C@H]1CCCO1)N1CCC[C@H]1c1noc(C2CC2)n1. The zero-order valence-corrected chi connectivity index (χ0v) is 12.9. The third kappa shape index (κ3) is 2.89. The van der Waals surface area contributed by atoms with Crippen LogP contribution < -0.4 is 0 Å². The molecule has 1 saturated carbocycles. The summed E-state index contributed by atoms with van der Waals surface area (Å²) in [5, 5.41) is 4.12. The summed E-state index contributed by atoms with van der Waals surface area (Å²) in [6.45, 7) is 1.65. The van der Waals surface area contributed by atoms with Gasteiger partial charge in [0, 0.05) is 25.5 Å². The minimum atomic E-state index is 0.00764. The zero-order chi connectivity index (χ0) is 14.9. The molecular formula is C16H23N3O3. The van der Waals surface area contributed by atoms with E-state index in [1.54, 1.807) is 0 Å². The van der Waals surface area contributed by atoms with Gasteiger partial charge in [0.15, 0.2) is 5.82 Å². The lowest BCUT2D eigenvalue weighted by atomic mass is 10.1. The van der Waals surface area contributed by atoms with Crippen LogP contribution in [0.1, 0.15) is 75.0 Å². The number of carbonyl (C=O) groups is 1. The van der Waals surface area contributed by atoms with Gasteiger partial charge in [-0.2, -0.15) is 4.98 Å². The van der Waals surface area contributed by atoms with Gasteiger partial charge < -0.3 is 14.2 Å². The number of nitrogens with zero attached hydrogens (tertiary/aromatic N) is 3. The van der Waals surface area contributed by atoms with Crippen LogP contribution in [0.4, 0.5) is 0 Å². The molecule has 0 unspecified atom stereocenters. The maximum Gasteiger partial charge on any atom is 0.229 e. The van der Waals surface area contributed by atoms with Gasteiger partial charge in [0.05, 0.1) is 12.1 Å². The smallest absolute Gasteiger partial charge is 0.229 e. The highest BCUT2D eigenvalue weighted by Gasteiger charge is 2.36. The van der Waals surface area contributed by atoms with Crippen molar-refractivity contribution in [2.45, 2.75) is 69.4 Å². The average Bonchev–Trinajstić information content (AvgIpc) is 3.02. The number of rotatable bonds is 5. The van der Waals surface area contributed by atoms with Crippen LogP contribution in [0.5, 0.6) is 0 Å². The molecule has 3 aliphatic rings. The van der Waals surface area contributed by atoms with E-state index in [9.17, 15) is 4.79 Å². The van der Waals surface area contributed by atoms with E-state index in [1.165, 1.54) is 0 Å². The fourth-order valence-corrected chi connectivity index (χ4v) is 3.51. The second-order valence-corrected chi connectivity index (χ2v) is 6.68. The van der Waals surface area contributed by atoms with Gasteiger partial charge in [0.25, 0.3) is 0 Å². The highest BCUT2D eigenvalue weighted by molar-refractivity contribution is 5.76. The average molecular weight is 305 g/mol. The molecule has 1 aliphatic carbocycles. The maximum atomic E-state index is 12.5. The Bertz CT molecular complexity index is 534. The first-order valence-electron chi connectivity index (χ1n) is 8.56. The fourth-order valence-electron chi connectivity index (χ4n) is 3.51. The highest BCUT2D eigenvalue weighted by atomic mass is 16.5. The molecular weight excluding hydrogens is 282 g/mol. The molecule has 0 aromatic carbocycles. The lowest BCUT2D eigenvalue weighted by Gasteiger charge is -2.22. The third-order valence-corrected chi connectivity index (χ3v) is 4.96. The van der Waals surface area contributed by atoms with Crippen LogP contribution in [0.25, 0.3) is 0 Å². The van der Waals surface area contributed by atoms with E-state index in [0.717, 1.165) is 64.0 Å². The van der Waals surface area contributed by atoms with Crippen molar-refractivity contribution in [3.63, 3.8) is 0 Å². The number of amides is 1. The molecule has 120 valence electrons. The molecule has 0 bridgehead atoms. The van der Waals surface area contributed by atoms with Gasteiger partial charge in [-0.25, -0.2) is 0 Å². The number of carbonyl (C=O) groups excluding carboxylic acids is 1. The van der Waals surface area contributed by atoms with Gasteiger partial charge in [-0.3, -0.25) is 4.79 Å². The van der Waals surface area contributed by atoms with Crippen LogP contribution in [0.15, 0.2) is 4.52 Å². The van der Waals surface area contributed by atoms with Gasteiger partial charge in [0.1, 0.15) is 0 Å². The molecule has 0 N–H and O–H groups in total. The Hall–Kier alpha value is -1.43. The lowest BCUT2D eigenvalue weighted by Crippen LogP contribution is -2.31. The Labute approximate surface area is 130 Å². The molecule has 2 atom stereocenters. The Morgan fingerprint density at radius 1 is 1.23 bits per heavy atom. The molecule has 3 fully saturated rings. The topological polar surface area (TPSA) is 68.5 Å². The summed E-state index contributed by atoms with van der Waals surface area (Å²) in [4.78, 5) is 19.0. The number of ether oxygens (including phenoxy) is 1. The van der Waals surface area contributed by atoms with E-state index >= 15 is 0 Å². The molecule has 6 nitrogen and oxygen atoms in total. The predicted molar refractivity (Wildman–Crippen MR) is 78.2 cm³/mol. The molecule has 0 spiro atoms. The first kappa shape index (κ1) is 14.2. The molecule has 0 radical (unpaired) electrons. The Morgan fingerprint density at radius 2 is 2.14 bits per heavy atom. The number of aromatic nitrogens is 2. The van der Waals surface area contributed by atoms with Crippen LogP contribution in [-0.4, -0.2) is 40.2 Å². The Kier molecular flexibility index (Phi) is 3.86. The zero-order valence-electron chi connectivity index (χ0n) is 12.9. The van der Waals surface area contributed by atoms with Gasteiger partial charge in [-0.1, -0.05) is 5.16 Å². The van der Waals surface area contributed by atoms with Crippen molar-refractivity contribution in [3.05, 3.63) is 11.7 Å². The van der Waals surface area contributed by atoms with Crippen molar-refractivity contribution in [1.29, 1.82) is 0 Å². The van der Waals surface area contributed by atoms with Crippen LogP contribution in [0.3, 0.4) is 0 Å². The Balaban J connectivity index is 1.37. The van der Waals surface area contributed by atoms with Crippen LogP contribution in [0, 0.1) is 0 Å². The molecule has 1 aromatic heterocycles. The van der Waals surface area contributed by atoms with Gasteiger partial charge in [-0.05, 0) is 44.9 Å². The molecule has 6 heteroatoms. The molecule has 4 rings (SSSR count). The van der Waals surface area contributed by atoms with Crippen molar-refractivity contribution < 1.29 is 14.1 Å². The normalized spacial score (nSPS) is 28.5. The van der Waals surface area contributed by atoms with Crippen molar-refractivity contribution in [3.8, 4) is 0 Å². The maximum absolute atomic E-state index is 12.5. The third-order valence-electron chi connectivity index (χ3n) is 4.96. The van der Waals surface area contributed by atoms with Crippen LogP contribution in [-0.2, 0) is 9.53 Å². The second kappa shape index (κ2) is 5.99. The quantitative estimate of drug-likeness (QED) is 0.836. The highest BCUT2D eigenvalue weighted by Crippen LogP contribution is 2.40. The van der Waals surface area contributed by atoms with Gasteiger partial charge in [-0.15, -0.1) is 0 Å². The fraction of sp³-hybridized carbons (Fsp3) is 0.812. The van der Waals surface area contributed by atoms with Gasteiger partial charge >= 0.3 is 0 Å². The van der Waals surface area contributed by atoms with E-state index in [1.807, 2.05) is 4.90 Å². The van der Waals surface area contributed by atoms with Crippen molar-refractivity contribution in [1.82, 2.24) is 15.0 Å². The van der Waals surface area contributed by atoms with Gasteiger partial charge in [0.2, 0.25) is 11.8 Å². The summed E-state index contributed by atoms with van der Waals surface area (Å²) in [5.41, 5.74) is 0. The summed E-state index contributed by atoms with van der Waals surface area (Å²) >= 11 is 0. The van der Waals surface area contributed by atoms with E-state index in [2.05, 4.69) is 10.1 Å². The summed E-state index contributed by atoms with van der Waals surface area (Å²) in [5.74, 6) is 2.13. The molecule has 2 aliphatic heterocycles. The summed E-state index contributed by atoms with van der Waals surface area (Å²) in [6.07, 6.45) is 8.14. The first-order chi connectivity index (χ1) is 10.8. The molecule has 2 saturated heterocycles. The van der Waals surface area contributed by atoms with Crippen LogP contribution >= 0.6 is 0 Å². The van der Waals surface area contributed by atoms with Crippen molar-refractivity contribution in [2.24, 2.45) is 0 Å². The van der Waals surface area contributed by atoms with Crippen molar-refractivity contribution in [2.75, 3.05) is 13.2 Å².